The third-order valence-electron chi connectivity index (χ3n) is 5.39. The van der Waals surface area contributed by atoms with E-state index in [1.54, 1.807) is 11.8 Å². The predicted molar refractivity (Wildman–Crippen MR) is 103 cm³/mol. The van der Waals surface area contributed by atoms with Gasteiger partial charge in [0, 0.05) is 37.7 Å². The standard InChI is InChI=1S/C20H24N4O4/c1-12(25)24(2)14-4-5-15-16(11-14)22-23-20(15)21-19(26)10-13-3-6-17-18(9-13)28-8-7-27-17/h3,6,9,14H,4-5,7-8,10-11H2,1-2H3,(H2,21,22,23,26). The molecule has 0 saturated carbocycles. The van der Waals surface area contributed by atoms with Gasteiger partial charge in [0.05, 0.1) is 6.42 Å². The minimum atomic E-state index is -0.131. The number of carbonyl (C=O) groups is 2. The van der Waals surface area contributed by atoms with Crippen LogP contribution in [-0.4, -0.2) is 53.2 Å². The Kier molecular flexibility index (Phi) is 4.93. The van der Waals surface area contributed by atoms with Crippen molar-refractivity contribution in [2.75, 3.05) is 25.6 Å². The number of benzene rings is 1. The maximum Gasteiger partial charge on any atom is 0.230 e. The van der Waals surface area contributed by atoms with Gasteiger partial charge in [0.25, 0.3) is 0 Å². The van der Waals surface area contributed by atoms with E-state index in [1.165, 1.54) is 0 Å². The normalized spacial score (nSPS) is 17.6. The van der Waals surface area contributed by atoms with Gasteiger partial charge in [0.15, 0.2) is 17.3 Å². The highest BCUT2D eigenvalue weighted by Gasteiger charge is 2.27. The van der Waals surface area contributed by atoms with Crippen molar-refractivity contribution in [1.82, 2.24) is 15.1 Å². The first-order valence-electron chi connectivity index (χ1n) is 9.49. The van der Waals surface area contributed by atoms with E-state index in [0.717, 1.165) is 36.1 Å². The number of anilines is 1. The van der Waals surface area contributed by atoms with Crippen molar-refractivity contribution >= 4 is 17.6 Å². The fourth-order valence-corrected chi connectivity index (χ4v) is 3.74. The number of ether oxygens (including phenoxy) is 2. The predicted octanol–water partition coefficient (Wildman–Crippen LogP) is 1.70. The van der Waals surface area contributed by atoms with Gasteiger partial charge in [-0.25, -0.2) is 0 Å². The SMILES string of the molecule is CC(=O)N(C)C1CCc2c(NC(=O)Cc3ccc4c(c3)OCCO4)n[nH]c2C1. The van der Waals surface area contributed by atoms with Crippen LogP contribution in [0.5, 0.6) is 11.5 Å². The summed E-state index contributed by atoms with van der Waals surface area (Å²) < 4.78 is 11.1. The first-order valence-corrected chi connectivity index (χ1v) is 9.49. The molecular weight excluding hydrogens is 360 g/mol. The van der Waals surface area contributed by atoms with Crippen molar-refractivity contribution in [3.8, 4) is 11.5 Å². The molecule has 1 aromatic heterocycles. The highest BCUT2D eigenvalue weighted by molar-refractivity contribution is 5.92. The third-order valence-corrected chi connectivity index (χ3v) is 5.39. The van der Waals surface area contributed by atoms with Crippen LogP contribution in [0.25, 0.3) is 0 Å². The Morgan fingerprint density at radius 3 is 2.86 bits per heavy atom. The number of hydrogen-bond donors (Lipinski definition) is 2. The largest absolute Gasteiger partial charge is 0.486 e. The number of aromatic amines is 1. The van der Waals surface area contributed by atoms with Crippen molar-refractivity contribution in [3.63, 3.8) is 0 Å². The van der Waals surface area contributed by atoms with E-state index in [0.29, 0.717) is 30.5 Å². The van der Waals surface area contributed by atoms with Gasteiger partial charge >= 0.3 is 0 Å². The molecule has 0 bridgehead atoms. The van der Waals surface area contributed by atoms with Gasteiger partial charge in [-0.05, 0) is 30.5 Å². The number of aromatic nitrogens is 2. The summed E-state index contributed by atoms with van der Waals surface area (Å²) in [7, 11) is 1.82. The molecule has 2 N–H and O–H groups in total. The lowest BCUT2D eigenvalue weighted by Gasteiger charge is -2.30. The molecule has 2 aliphatic rings. The first-order chi connectivity index (χ1) is 13.5. The lowest BCUT2D eigenvalue weighted by atomic mass is 9.92. The first kappa shape index (κ1) is 18.3. The number of amides is 2. The van der Waals surface area contributed by atoms with E-state index in [2.05, 4.69) is 15.5 Å². The van der Waals surface area contributed by atoms with Crippen molar-refractivity contribution < 1.29 is 19.1 Å². The van der Waals surface area contributed by atoms with Crippen LogP contribution in [0.2, 0.25) is 0 Å². The Bertz CT molecular complexity index is 908. The summed E-state index contributed by atoms with van der Waals surface area (Å²) in [5.41, 5.74) is 2.87. The van der Waals surface area contributed by atoms with Crippen molar-refractivity contribution in [3.05, 3.63) is 35.0 Å². The van der Waals surface area contributed by atoms with Crippen molar-refractivity contribution in [2.24, 2.45) is 0 Å². The minimum Gasteiger partial charge on any atom is -0.486 e. The van der Waals surface area contributed by atoms with Gasteiger partial charge in [-0.1, -0.05) is 6.07 Å². The Morgan fingerprint density at radius 2 is 2.07 bits per heavy atom. The number of likely N-dealkylation sites (N-methyl/N-ethyl adjacent to an activating group) is 1. The van der Waals surface area contributed by atoms with Gasteiger partial charge in [-0.2, -0.15) is 5.10 Å². The summed E-state index contributed by atoms with van der Waals surface area (Å²) in [5.74, 6) is 1.90. The molecule has 1 aliphatic carbocycles. The van der Waals surface area contributed by atoms with Crippen molar-refractivity contribution in [2.45, 2.75) is 38.6 Å². The number of carbonyl (C=O) groups excluding carboxylic acids is 2. The van der Waals surface area contributed by atoms with Gasteiger partial charge in [-0.15, -0.1) is 0 Å². The zero-order valence-corrected chi connectivity index (χ0v) is 16.1. The quantitative estimate of drug-likeness (QED) is 0.836. The second-order valence-electron chi connectivity index (χ2n) is 7.26. The molecule has 28 heavy (non-hydrogen) atoms. The molecule has 0 spiro atoms. The number of rotatable bonds is 4. The summed E-state index contributed by atoms with van der Waals surface area (Å²) >= 11 is 0. The van der Waals surface area contributed by atoms with Gasteiger partial charge in [0.2, 0.25) is 11.8 Å². The molecule has 2 amide bonds. The Morgan fingerprint density at radius 1 is 1.29 bits per heavy atom. The average Bonchev–Trinajstić information content (AvgIpc) is 3.09. The van der Waals surface area contributed by atoms with Crippen LogP contribution in [0.4, 0.5) is 5.82 Å². The van der Waals surface area contributed by atoms with E-state index in [4.69, 9.17) is 9.47 Å². The smallest absolute Gasteiger partial charge is 0.230 e. The Balaban J connectivity index is 1.40. The van der Waals surface area contributed by atoms with Crippen molar-refractivity contribution in [1.29, 1.82) is 0 Å². The fraction of sp³-hybridized carbons (Fsp3) is 0.450. The molecule has 2 aromatic rings. The summed E-state index contributed by atoms with van der Waals surface area (Å²) in [6.45, 7) is 2.63. The molecule has 0 saturated heterocycles. The van der Waals surface area contributed by atoms with Gasteiger partial charge < -0.3 is 19.7 Å². The molecule has 4 rings (SSSR count). The Labute approximate surface area is 163 Å². The highest BCUT2D eigenvalue weighted by atomic mass is 16.6. The molecule has 8 nitrogen and oxygen atoms in total. The lowest BCUT2D eigenvalue weighted by Crippen LogP contribution is -2.39. The molecule has 0 fully saturated rings. The molecule has 1 unspecified atom stereocenters. The summed E-state index contributed by atoms with van der Waals surface area (Å²) in [4.78, 5) is 25.9. The number of nitrogens with one attached hydrogen (secondary N) is 2. The van der Waals surface area contributed by atoms with Crippen LogP contribution in [0, 0.1) is 0 Å². The zero-order valence-electron chi connectivity index (χ0n) is 16.1. The molecule has 2 heterocycles. The minimum absolute atomic E-state index is 0.0564. The van der Waals surface area contributed by atoms with Crippen LogP contribution in [-0.2, 0) is 28.9 Å². The Hall–Kier alpha value is -3.03. The molecule has 0 radical (unpaired) electrons. The monoisotopic (exact) mass is 384 g/mol. The highest BCUT2D eigenvalue weighted by Crippen LogP contribution is 2.31. The van der Waals surface area contributed by atoms with Crippen LogP contribution in [0.3, 0.4) is 0 Å². The summed E-state index contributed by atoms with van der Waals surface area (Å²) in [5, 5.41) is 10.2. The number of fused-ring (bicyclic) bond motifs is 2. The topological polar surface area (TPSA) is 96.6 Å². The lowest BCUT2D eigenvalue weighted by molar-refractivity contribution is -0.129. The van der Waals surface area contributed by atoms with Crippen LogP contribution < -0.4 is 14.8 Å². The molecule has 1 atom stereocenters. The fourth-order valence-electron chi connectivity index (χ4n) is 3.74. The molecule has 1 aliphatic heterocycles. The number of H-pyrrole nitrogens is 1. The average molecular weight is 384 g/mol. The zero-order chi connectivity index (χ0) is 19.7. The second kappa shape index (κ2) is 7.53. The number of nitrogens with zero attached hydrogens (tertiary/aromatic N) is 2. The maximum atomic E-state index is 12.5. The molecule has 8 heteroatoms. The summed E-state index contributed by atoms with van der Waals surface area (Å²) in [6, 6.07) is 5.71. The third kappa shape index (κ3) is 3.67. The maximum absolute atomic E-state index is 12.5. The molecule has 148 valence electrons. The van der Waals surface area contributed by atoms with E-state index < -0.39 is 0 Å². The summed E-state index contributed by atoms with van der Waals surface area (Å²) in [6.07, 6.45) is 2.58. The van der Waals surface area contributed by atoms with E-state index in [-0.39, 0.29) is 24.3 Å². The van der Waals surface area contributed by atoms with Crippen LogP contribution in [0.1, 0.15) is 30.2 Å². The van der Waals surface area contributed by atoms with Gasteiger partial charge in [0.1, 0.15) is 13.2 Å². The van der Waals surface area contributed by atoms with E-state index >= 15 is 0 Å². The van der Waals surface area contributed by atoms with E-state index in [9.17, 15) is 9.59 Å². The van der Waals surface area contributed by atoms with E-state index in [1.807, 2.05) is 25.2 Å². The van der Waals surface area contributed by atoms with Crippen LogP contribution in [0.15, 0.2) is 18.2 Å². The number of hydrogen-bond acceptors (Lipinski definition) is 5. The van der Waals surface area contributed by atoms with Crippen LogP contribution >= 0.6 is 0 Å². The second-order valence-corrected chi connectivity index (χ2v) is 7.26. The van der Waals surface area contributed by atoms with Gasteiger partial charge in [-0.3, -0.25) is 14.7 Å². The molecule has 1 aromatic carbocycles. The molecular formula is C20H24N4O4.